The van der Waals surface area contributed by atoms with E-state index in [1.54, 1.807) is 7.11 Å². The van der Waals surface area contributed by atoms with Gasteiger partial charge < -0.3 is 4.43 Å². The summed E-state index contributed by atoms with van der Waals surface area (Å²) in [5, 5.41) is 0. The SMILES string of the molecule is C=CCN(CC=C)CCC[SiH2]OC. The van der Waals surface area contributed by atoms with Crippen LogP contribution < -0.4 is 0 Å². The molecule has 0 amide bonds. The van der Waals surface area contributed by atoms with Crippen molar-refractivity contribution in [2.75, 3.05) is 26.7 Å². The zero-order valence-electron chi connectivity index (χ0n) is 8.67. The van der Waals surface area contributed by atoms with Gasteiger partial charge in [-0.15, -0.1) is 13.2 Å². The Bertz CT molecular complexity index is 129. The molecule has 0 bridgehead atoms. The standard InChI is InChI=1S/C10H21NOSi/c1-4-7-11(8-5-2)9-6-10-13-12-3/h4-5H,1-2,6-10,13H2,3H3. The summed E-state index contributed by atoms with van der Waals surface area (Å²) < 4.78 is 5.12. The largest absolute Gasteiger partial charge is 0.427 e. The van der Waals surface area contributed by atoms with E-state index in [1.807, 2.05) is 12.2 Å². The van der Waals surface area contributed by atoms with Gasteiger partial charge in [0, 0.05) is 20.2 Å². The Morgan fingerprint density at radius 1 is 1.31 bits per heavy atom. The van der Waals surface area contributed by atoms with Crippen LogP contribution in [-0.2, 0) is 4.43 Å². The molecule has 2 nitrogen and oxygen atoms in total. The van der Waals surface area contributed by atoms with Crippen molar-refractivity contribution in [2.45, 2.75) is 12.5 Å². The molecule has 0 rings (SSSR count). The summed E-state index contributed by atoms with van der Waals surface area (Å²) in [5.41, 5.74) is 0. The van der Waals surface area contributed by atoms with E-state index in [4.69, 9.17) is 4.43 Å². The van der Waals surface area contributed by atoms with Gasteiger partial charge in [0.25, 0.3) is 0 Å². The summed E-state index contributed by atoms with van der Waals surface area (Å²) in [6, 6.07) is 1.27. The third kappa shape index (κ3) is 7.96. The number of rotatable bonds is 9. The van der Waals surface area contributed by atoms with Gasteiger partial charge in [0.2, 0.25) is 0 Å². The highest BCUT2D eigenvalue weighted by molar-refractivity contribution is 6.26. The van der Waals surface area contributed by atoms with Crippen LogP contribution in [0, 0.1) is 0 Å². The van der Waals surface area contributed by atoms with Crippen LogP contribution in [0.2, 0.25) is 6.04 Å². The van der Waals surface area contributed by atoms with Gasteiger partial charge in [0.15, 0.2) is 9.76 Å². The first-order valence-electron chi connectivity index (χ1n) is 4.78. The molecule has 0 radical (unpaired) electrons. The van der Waals surface area contributed by atoms with Crippen LogP contribution in [-0.4, -0.2) is 41.4 Å². The monoisotopic (exact) mass is 199 g/mol. The predicted molar refractivity (Wildman–Crippen MR) is 61.8 cm³/mol. The van der Waals surface area contributed by atoms with E-state index in [0.717, 1.165) is 19.6 Å². The maximum absolute atomic E-state index is 5.12. The van der Waals surface area contributed by atoms with Crippen LogP contribution in [0.3, 0.4) is 0 Å². The van der Waals surface area contributed by atoms with Gasteiger partial charge in [0.1, 0.15) is 0 Å². The van der Waals surface area contributed by atoms with E-state index < -0.39 is 0 Å². The lowest BCUT2D eigenvalue weighted by molar-refractivity contribution is 0.333. The van der Waals surface area contributed by atoms with Crippen molar-refractivity contribution in [3.8, 4) is 0 Å². The summed E-state index contributed by atoms with van der Waals surface area (Å²) in [6.45, 7) is 10.5. The highest BCUT2D eigenvalue weighted by Gasteiger charge is 1.99. The number of hydrogen-bond acceptors (Lipinski definition) is 2. The Morgan fingerprint density at radius 3 is 2.38 bits per heavy atom. The fourth-order valence-corrected chi connectivity index (χ4v) is 1.92. The van der Waals surface area contributed by atoms with Crippen LogP contribution in [0.4, 0.5) is 0 Å². The summed E-state index contributed by atoms with van der Waals surface area (Å²) in [5.74, 6) is 0. The normalized spacial score (nSPS) is 11.2. The van der Waals surface area contributed by atoms with Gasteiger partial charge in [-0.05, 0) is 19.0 Å². The molecule has 0 aromatic carbocycles. The lowest BCUT2D eigenvalue weighted by Gasteiger charge is -2.17. The molecule has 0 atom stereocenters. The second-order valence-electron chi connectivity index (χ2n) is 3.04. The molecule has 0 fully saturated rings. The van der Waals surface area contributed by atoms with Gasteiger partial charge in [-0.3, -0.25) is 4.90 Å². The third-order valence-electron chi connectivity index (χ3n) is 1.85. The maximum atomic E-state index is 5.12. The highest BCUT2D eigenvalue weighted by atomic mass is 28.2. The first-order chi connectivity index (χ1) is 6.35. The van der Waals surface area contributed by atoms with Gasteiger partial charge in [-0.25, -0.2) is 0 Å². The van der Waals surface area contributed by atoms with Crippen molar-refractivity contribution in [1.29, 1.82) is 0 Å². The van der Waals surface area contributed by atoms with Crippen molar-refractivity contribution in [2.24, 2.45) is 0 Å². The zero-order chi connectivity index (χ0) is 9.94. The Morgan fingerprint density at radius 2 is 1.92 bits per heavy atom. The molecule has 0 aromatic rings. The lowest BCUT2D eigenvalue weighted by atomic mass is 10.4. The summed E-state index contributed by atoms with van der Waals surface area (Å²) in [7, 11) is 1.58. The van der Waals surface area contributed by atoms with Gasteiger partial charge >= 0.3 is 0 Å². The van der Waals surface area contributed by atoms with Crippen molar-refractivity contribution in [3.63, 3.8) is 0 Å². The third-order valence-corrected chi connectivity index (χ3v) is 3.04. The second-order valence-corrected chi connectivity index (χ2v) is 4.73. The summed E-state index contributed by atoms with van der Waals surface area (Å²) in [4.78, 5) is 2.34. The molecule has 0 N–H and O–H groups in total. The van der Waals surface area contributed by atoms with E-state index in [1.165, 1.54) is 12.5 Å². The minimum Gasteiger partial charge on any atom is -0.427 e. The molecular formula is C10H21NOSi. The Labute approximate surface area is 84.2 Å². The molecule has 76 valence electrons. The quantitative estimate of drug-likeness (QED) is 0.314. The zero-order valence-corrected chi connectivity index (χ0v) is 10.1. The first-order valence-corrected chi connectivity index (χ1v) is 6.36. The molecule has 3 heteroatoms. The molecule has 0 aliphatic heterocycles. The minimum atomic E-state index is -0.227. The van der Waals surface area contributed by atoms with E-state index in [9.17, 15) is 0 Å². The Balaban J connectivity index is 3.43. The average molecular weight is 199 g/mol. The van der Waals surface area contributed by atoms with Gasteiger partial charge in [-0.2, -0.15) is 0 Å². The Hall–Kier alpha value is -0.383. The van der Waals surface area contributed by atoms with Crippen LogP contribution in [0.15, 0.2) is 25.3 Å². The predicted octanol–water partition coefficient (Wildman–Crippen LogP) is 1.20. The first kappa shape index (κ1) is 12.6. The van der Waals surface area contributed by atoms with Crippen LogP contribution in [0.25, 0.3) is 0 Å². The molecule has 0 aliphatic rings. The number of hydrogen-bond donors (Lipinski definition) is 0. The highest BCUT2D eigenvalue weighted by Crippen LogP contribution is 1.96. The van der Waals surface area contributed by atoms with Crippen molar-refractivity contribution in [1.82, 2.24) is 4.90 Å². The molecule has 0 spiro atoms. The lowest BCUT2D eigenvalue weighted by Crippen LogP contribution is -2.25. The topological polar surface area (TPSA) is 12.5 Å². The molecule has 0 aliphatic carbocycles. The molecular weight excluding hydrogens is 178 g/mol. The molecule has 0 heterocycles. The molecule has 0 unspecified atom stereocenters. The molecule has 0 aromatic heterocycles. The summed E-state index contributed by atoms with van der Waals surface area (Å²) in [6.07, 6.45) is 5.12. The molecule has 0 saturated heterocycles. The Kier molecular flexibility index (Phi) is 9.42. The molecule has 0 saturated carbocycles. The fourth-order valence-electron chi connectivity index (χ4n) is 1.20. The van der Waals surface area contributed by atoms with Gasteiger partial charge in [-0.1, -0.05) is 12.2 Å². The fraction of sp³-hybridized carbons (Fsp3) is 0.600. The van der Waals surface area contributed by atoms with Crippen molar-refractivity contribution >= 4 is 9.76 Å². The van der Waals surface area contributed by atoms with Crippen LogP contribution in [0.1, 0.15) is 6.42 Å². The average Bonchev–Trinajstić information content (AvgIpc) is 2.13. The van der Waals surface area contributed by atoms with Gasteiger partial charge in [0.05, 0.1) is 0 Å². The summed E-state index contributed by atoms with van der Waals surface area (Å²) >= 11 is 0. The van der Waals surface area contributed by atoms with Crippen molar-refractivity contribution < 1.29 is 4.43 Å². The van der Waals surface area contributed by atoms with Crippen LogP contribution in [0.5, 0.6) is 0 Å². The van der Waals surface area contributed by atoms with Crippen molar-refractivity contribution in [3.05, 3.63) is 25.3 Å². The van der Waals surface area contributed by atoms with E-state index in [2.05, 4.69) is 18.1 Å². The minimum absolute atomic E-state index is 0.227. The second kappa shape index (κ2) is 9.70. The van der Waals surface area contributed by atoms with Crippen LogP contribution >= 0.6 is 0 Å². The smallest absolute Gasteiger partial charge is 0.161 e. The number of nitrogens with zero attached hydrogens (tertiary/aromatic N) is 1. The molecule has 13 heavy (non-hydrogen) atoms. The van der Waals surface area contributed by atoms with E-state index in [-0.39, 0.29) is 9.76 Å². The van der Waals surface area contributed by atoms with E-state index >= 15 is 0 Å². The van der Waals surface area contributed by atoms with E-state index in [0.29, 0.717) is 0 Å². The maximum Gasteiger partial charge on any atom is 0.161 e.